The van der Waals surface area contributed by atoms with Gasteiger partial charge >= 0.3 is 0 Å². The van der Waals surface area contributed by atoms with E-state index in [4.69, 9.17) is 0 Å². The lowest BCUT2D eigenvalue weighted by Gasteiger charge is -2.15. The summed E-state index contributed by atoms with van der Waals surface area (Å²) in [6.07, 6.45) is 28.4. The van der Waals surface area contributed by atoms with E-state index in [0.29, 0.717) is 0 Å². The van der Waals surface area contributed by atoms with Crippen molar-refractivity contribution in [1.82, 2.24) is 0 Å². The van der Waals surface area contributed by atoms with Crippen molar-refractivity contribution >= 4 is 0 Å². The molecule has 0 aromatic carbocycles. The van der Waals surface area contributed by atoms with Gasteiger partial charge in [-0.05, 0) is 5.92 Å². The lowest BCUT2D eigenvalue weighted by molar-refractivity contribution is 0.381. The molecule has 1 rings (SSSR count). The van der Waals surface area contributed by atoms with Crippen molar-refractivity contribution in [3.05, 3.63) is 0 Å². The molecule has 0 unspecified atom stereocenters. The summed E-state index contributed by atoms with van der Waals surface area (Å²) in [4.78, 5) is 0. The maximum Gasteiger partial charge on any atom is -0.0414 e. The fourth-order valence-electron chi connectivity index (χ4n) is 3.93. The van der Waals surface area contributed by atoms with E-state index in [-0.39, 0.29) is 0 Å². The van der Waals surface area contributed by atoms with E-state index >= 15 is 0 Å². The van der Waals surface area contributed by atoms with Crippen molar-refractivity contribution in [2.24, 2.45) is 5.92 Å². The third kappa shape index (κ3) is 12.2. The molecule has 0 aromatic heterocycles. The summed E-state index contributed by atoms with van der Waals surface area (Å²) < 4.78 is 0. The normalized spacial score (nSPS) is 18.1. The van der Waals surface area contributed by atoms with Crippen molar-refractivity contribution in [2.45, 2.75) is 129 Å². The zero-order chi connectivity index (χ0) is 15.0. The van der Waals surface area contributed by atoms with E-state index in [2.05, 4.69) is 6.92 Å². The summed E-state index contributed by atoms with van der Waals surface area (Å²) in [6.45, 7) is 2.30. The highest BCUT2D eigenvalue weighted by Gasteiger charge is 2.10. The van der Waals surface area contributed by atoms with Gasteiger partial charge < -0.3 is 0 Å². The van der Waals surface area contributed by atoms with Crippen LogP contribution < -0.4 is 0 Å². The standard InChI is InChI=1S/C21H42/c1-2-3-4-5-6-7-8-9-12-15-18-21-19-16-13-10-11-14-17-20-21/h21H,2-20H2,1H3. The summed E-state index contributed by atoms with van der Waals surface area (Å²) in [5.74, 6) is 1.08. The maximum absolute atomic E-state index is 2.30. The molecule has 0 amide bonds. The Kier molecular flexibility index (Phi) is 13.5. The van der Waals surface area contributed by atoms with Gasteiger partial charge in [-0.15, -0.1) is 0 Å². The Hall–Kier alpha value is 0. The van der Waals surface area contributed by atoms with Crippen LogP contribution in [0.2, 0.25) is 0 Å². The minimum absolute atomic E-state index is 1.08. The molecule has 0 aromatic rings. The number of rotatable bonds is 11. The molecular formula is C21H42. The zero-order valence-corrected chi connectivity index (χ0v) is 15.0. The average molecular weight is 295 g/mol. The Bertz CT molecular complexity index is 186. The van der Waals surface area contributed by atoms with Gasteiger partial charge in [0.05, 0.1) is 0 Å². The highest BCUT2D eigenvalue weighted by molar-refractivity contribution is 4.63. The summed E-state index contributed by atoms with van der Waals surface area (Å²) in [6, 6.07) is 0. The van der Waals surface area contributed by atoms with Gasteiger partial charge in [-0.25, -0.2) is 0 Å². The second kappa shape index (κ2) is 14.9. The molecule has 0 atom stereocenters. The molecule has 0 N–H and O–H groups in total. The Morgan fingerprint density at radius 2 is 0.952 bits per heavy atom. The predicted molar refractivity (Wildman–Crippen MR) is 96.9 cm³/mol. The first-order valence-corrected chi connectivity index (χ1v) is 10.4. The lowest BCUT2D eigenvalue weighted by Crippen LogP contribution is -2.00. The van der Waals surface area contributed by atoms with E-state index in [0.717, 1.165) is 5.92 Å². The van der Waals surface area contributed by atoms with Crippen LogP contribution in [-0.2, 0) is 0 Å². The van der Waals surface area contributed by atoms with Crippen LogP contribution in [0.1, 0.15) is 129 Å². The molecule has 0 spiro atoms. The van der Waals surface area contributed by atoms with Gasteiger partial charge in [-0.1, -0.05) is 129 Å². The third-order valence-corrected chi connectivity index (χ3v) is 5.44. The Balaban J connectivity index is 1.86. The number of hydrogen-bond donors (Lipinski definition) is 0. The number of hydrogen-bond acceptors (Lipinski definition) is 0. The largest absolute Gasteiger partial charge is 0.0654 e. The van der Waals surface area contributed by atoms with Crippen LogP contribution >= 0.6 is 0 Å². The van der Waals surface area contributed by atoms with E-state index in [9.17, 15) is 0 Å². The third-order valence-electron chi connectivity index (χ3n) is 5.44. The van der Waals surface area contributed by atoms with Crippen molar-refractivity contribution in [3.8, 4) is 0 Å². The van der Waals surface area contributed by atoms with Gasteiger partial charge in [-0.3, -0.25) is 0 Å². The first kappa shape index (κ1) is 19.0. The summed E-state index contributed by atoms with van der Waals surface area (Å²) in [5.41, 5.74) is 0. The number of unbranched alkanes of at least 4 members (excludes halogenated alkanes) is 9. The van der Waals surface area contributed by atoms with Gasteiger partial charge in [0.1, 0.15) is 0 Å². The first-order chi connectivity index (χ1) is 10.4. The molecule has 1 saturated carbocycles. The monoisotopic (exact) mass is 294 g/mol. The Morgan fingerprint density at radius 3 is 1.48 bits per heavy atom. The average Bonchev–Trinajstić information content (AvgIpc) is 2.63. The fourth-order valence-corrected chi connectivity index (χ4v) is 3.93. The Labute approximate surface area is 135 Å². The summed E-state index contributed by atoms with van der Waals surface area (Å²) in [7, 11) is 0. The van der Waals surface area contributed by atoms with Crippen LogP contribution in [0.4, 0.5) is 0 Å². The molecule has 0 radical (unpaired) electrons. The maximum atomic E-state index is 2.30. The molecule has 0 bridgehead atoms. The smallest absolute Gasteiger partial charge is 0.0414 e. The van der Waals surface area contributed by atoms with Crippen LogP contribution in [0.3, 0.4) is 0 Å². The summed E-state index contributed by atoms with van der Waals surface area (Å²) >= 11 is 0. The van der Waals surface area contributed by atoms with E-state index in [1.165, 1.54) is 122 Å². The summed E-state index contributed by atoms with van der Waals surface area (Å²) in [5, 5.41) is 0. The predicted octanol–water partition coefficient (Wildman–Crippen LogP) is 8.05. The van der Waals surface area contributed by atoms with E-state index in [1.807, 2.05) is 0 Å². The molecule has 126 valence electrons. The molecule has 1 aliphatic rings. The molecule has 21 heavy (non-hydrogen) atoms. The van der Waals surface area contributed by atoms with Crippen molar-refractivity contribution in [3.63, 3.8) is 0 Å². The van der Waals surface area contributed by atoms with Gasteiger partial charge in [0.15, 0.2) is 0 Å². The molecule has 0 aliphatic heterocycles. The quantitative estimate of drug-likeness (QED) is 0.338. The topological polar surface area (TPSA) is 0 Å². The van der Waals surface area contributed by atoms with Crippen LogP contribution in [0.5, 0.6) is 0 Å². The van der Waals surface area contributed by atoms with Crippen LogP contribution in [-0.4, -0.2) is 0 Å². The minimum atomic E-state index is 1.08. The van der Waals surface area contributed by atoms with Crippen molar-refractivity contribution < 1.29 is 0 Å². The molecular weight excluding hydrogens is 252 g/mol. The highest BCUT2D eigenvalue weighted by Crippen LogP contribution is 2.26. The van der Waals surface area contributed by atoms with E-state index in [1.54, 1.807) is 0 Å². The highest BCUT2D eigenvalue weighted by atomic mass is 14.2. The van der Waals surface area contributed by atoms with Crippen molar-refractivity contribution in [2.75, 3.05) is 0 Å². The fraction of sp³-hybridized carbons (Fsp3) is 1.00. The molecule has 1 aliphatic carbocycles. The van der Waals surface area contributed by atoms with Crippen LogP contribution in [0.15, 0.2) is 0 Å². The van der Waals surface area contributed by atoms with Gasteiger partial charge in [0, 0.05) is 0 Å². The minimum Gasteiger partial charge on any atom is -0.0654 e. The van der Waals surface area contributed by atoms with Gasteiger partial charge in [-0.2, -0.15) is 0 Å². The molecule has 0 nitrogen and oxygen atoms in total. The van der Waals surface area contributed by atoms with Crippen molar-refractivity contribution in [1.29, 1.82) is 0 Å². The van der Waals surface area contributed by atoms with Crippen LogP contribution in [0, 0.1) is 5.92 Å². The van der Waals surface area contributed by atoms with Gasteiger partial charge in [0.2, 0.25) is 0 Å². The molecule has 1 fully saturated rings. The first-order valence-electron chi connectivity index (χ1n) is 10.4. The SMILES string of the molecule is CCCCCCCCCCCCC1CCCCCCCC1. The second-order valence-electron chi connectivity index (χ2n) is 7.54. The molecule has 0 heterocycles. The van der Waals surface area contributed by atoms with E-state index < -0.39 is 0 Å². The molecule has 0 saturated heterocycles. The van der Waals surface area contributed by atoms with Gasteiger partial charge in [0.25, 0.3) is 0 Å². The zero-order valence-electron chi connectivity index (χ0n) is 15.0. The molecule has 0 heteroatoms. The second-order valence-corrected chi connectivity index (χ2v) is 7.54. The Morgan fingerprint density at radius 1 is 0.524 bits per heavy atom. The van der Waals surface area contributed by atoms with Crippen LogP contribution in [0.25, 0.3) is 0 Å². The lowest BCUT2D eigenvalue weighted by atomic mass is 9.91.